The van der Waals surface area contributed by atoms with Gasteiger partial charge in [0.2, 0.25) is 0 Å². The first kappa shape index (κ1) is 13.5. The summed E-state index contributed by atoms with van der Waals surface area (Å²) < 4.78 is 4.71. The molecule has 1 aliphatic rings. The minimum absolute atomic E-state index is 0.0545. The maximum Gasteiger partial charge on any atom is 0.328 e. The number of ether oxygens (including phenoxy) is 1. The molecule has 0 bridgehead atoms. The number of methoxy groups -OCH3 is 1. The summed E-state index contributed by atoms with van der Waals surface area (Å²) >= 11 is 0. The van der Waals surface area contributed by atoms with Crippen molar-refractivity contribution < 1.29 is 14.3 Å². The first-order chi connectivity index (χ1) is 8.02. The molecule has 4 heteroatoms. The zero-order valence-electron chi connectivity index (χ0n) is 10.7. The quantitative estimate of drug-likeness (QED) is 0.425. The van der Waals surface area contributed by atoms with Crippen LogP contribution in [0.3, 0.4) is 0 Å². The highest BCUT2D eigenvalue weighted by atomic mass is 16.5. The number of amides is 1. The van der Waals surface area contributed by atoms with Crippen LogP contribution in [-0.2, 0) is 14.3 Å². The first-order valence-corrected chi connectivity index (χ1v) is 5.81. The third-order valence-electron chi connectivity index (χ3n) is 2.99. The van der Waals surface area contributed by atoms with E-state index in [1.165, 1.54) is 7.11 Å². The molecule has 1 heterocycles. The fourth-order valence-corrected chi connectivity index (χ4v) is 2.07. The number of rotatable bonds is 3. The van der Waals surface area contributed by atoms with Crippen molar-refractivity contribution in [1.82, 2.24) is 4.90 Å². The number of nitrogens with zero attached hydrogens (tertiary/aromatic N) is 1. The SMILES string of the molecule is C=C=C(C(=O)N1CCCC1C(=O)OC)C(C)C. The van der Waals surface area contributed by atoms with Gasteiger partial charge in [-0.1, -0.05) is 20.4 Å². The van der Waals surface area contributed by atoms with Crippen LogP contribution in [-0.4, -0.2) is 36.5 Å². The molecule has 1 saturated heterocycles. The van der Waals surface area contributed by atoms with E-state index in [9.17, 15) is 9.59 Å². The molecule has 4 nitrogen and oxygen atoms in total. The van der Waals surface area contributed by atoms with Crippen molar-refractivity contribution in [2.75, 3.05) is 13.7 Å². The molecule has 0 aromatic carbocycles. The molecule has 0 N–H and O–H groups in total. The Labute approximate surface area is 102 Å². The normalized spacial score (nSPS) is 19.1. The Bertz CT molecular complexity index is 367. The van der Waals surface area contributed by atoms with E-state index in [4.69, 9.17) is 4.74 Å². The number of hydrogen-bond donors (Lipinski definition) is 0. The van der Waals surface area contributed by atoms with Gasteiger partial charge in [0.1, 0.15) is 6.04 Å². The third-order valence-corrected chi connectivity index (χ3v) is 2.99. The standard InChI is InChI=1S/C13H19NO3/c1-5-10(9(2)3)12(15)14-8-6-7-11(14)13(16)17-4/h9,11H,1,6-8H2,2-4H3. The lowest BCUT2D eigenvalue weighted by atomic mass is 10.0. The molecular formula is C13H19NO3. The summed E-state index contributed by atoms with van der Waals surface area (Å²) in [6.45, 7) is 7.96. The molecule has 1 atom stereocenters. The molecule has 1 fully saturated rings. The Morgan fingerprint density at radius 3 is 2.59 bits per heavy atom. The molecule has 94 valence electrons. The topological polar surface area (TPSA) is 46.6 Å². The molecule has 1 unspecified atom stereocenters. The zero-order valence-corrected chi connectivity index (χ0v) is 10.7. The van der Waals surface area contributed by atoms with E-state index in [-0.39, 0.29) is 17.8 Å². The van der Waals surface area contributed by atoms with Gasteiger partial charge in [-0.3, -0.25) is 4.79 Å². The van der Waals surface area contributed by atoms with Crippen LogP contribution in [0.2, 0.25) is 0 Å². The monoisotopic (exact) mass is 237 g/mol. The summed E-state index contributed by atoms with van der Waals surface area (Å²) in [5, 5.41) is 0. The van der Waals surface area contributed by atoms with E-state index in [0.29, 0.717) is 18.5 Å². The van der Waals surface area contributed by atoms with Gasteiger partial charge in [-0.05, 0) is 18.8 Å². The molecule has 17 heavy (non-hydrogen) atoms. The van der Waals surface area contributed by atoms with Gasteiger partial charge in [0.25, 0.3) is 5.91 Å². The minimum Gasteiger partial charge on any atom is -0.467 e. The Hall–Kier alpha value is -1.54. The smallest absolute Gasteiger partial charge is 0.328 e. The number of carbonyl (C=O) groups excluding carboxylic acids is 2. The van der Waals surface area contributed by atoms with E-state index >= 15 is 0 Å². The van der Waals surface area contributed by atoms with Gasteiger partial charge >= 0.3 is 5.97 Å². The van der Waals surface area contributed by atoms with E-state index in [1.54, 1.807) is 4.90 Å². The zero-order chi connectivity index (χ0) is 13.0. The van der Waals surface area contributed by atoms with E-state index in [1.807, 2.05) is 13.8 Å². The fourth-order valence-electron chi connectivity index (χ4n) is 2.07. The van der Waals surface area contributed by atoms with Gasteiger partial charge < -0.3 is 9.64 Å². The lowest BCUT2D eigenvalue weighted by Crippen LogP contribution is -2.42. The molecule has 0 aromatic rings. The molecule has 0 spiro atoms. The Morgan fingerprint density at radius 2 is 2.12 bits per heavy atom. The van der Waals surface area contributed by atoms with Crippen molar-refractivity contribution in [2.45, 2.75) is 32.7 Å². The van der Waals surface area contributed by atoms with Gasteiger partial charge in [-0.2, -0.15) is 0 Å². The summed E-state index contributed by atoms with van der Waals surface area (Å²) in [6, 6.07) is -0.449. The van der Waals surface area contributed by atoms with E-state index < -0.39 is 6.04 Å². The summed E-state index contributed by atoms with van der Waals surface area (Å²) in [6.07, 6.45) is 1.49. The van der Waals surface area contributed by atoms with Crippen molar-refractivity contribution in [3.63, 3.8) is 0 Å². The van der Waals surface area contributed by atoms with Crippen LogP contribution in [0.15, 0.2) is 17.9 Å². The summed E-state index contributed by atoms with van der Waals surface area (Å²) in [5.74, 6) is -0.440. The van der Waals surface area contributed by atoms with Crippen LogP contribution >= 0.6 is 0 Å². The lowest BCUT2D eigenvalue weighted by molar-refractivity contribution is -0.149. The molecule has 1 aliphatic heterocycles. The van der Waals surface area contributed by atoms with Crippen molar-refractivity contribution >= 4 is 11.9 Å². The van der Waals surface area contributed by atoms with Gasteiger partial charge in [-0.15, -0.1) is 5.73 Å². The van der Waals surface area contributed by atoms with Crippen molar-refractivity contribution in [3.8, 4) is 0 Å². The first-order valence-electron chi connectivity index (χ1n) is 5.81. The second-order valence-electron chi connectivity index (χ2n) is 4.42. The highest BCUT2D eigenvalue weighted by Gasteiger charge is 2.36. The molecule has 0 saturated carbocycles. The van der Waals surface area contributed by atoms with E-state index in [0.717, 1.165) is 6.42 Å². The molecule has 0 radical (unpaired) electrons. The average molecular weight is 237 g/mol. The van der Waals surface area contributed by atoms with Gasteiger partial charge in [0.15, 0.2) is 0 Å². The minimum atomic E-state index is -0.449. The predicted molar refractivity (Wildman–Crippen MR) is 64.2 cm³/mol. The number of hydrogen-bond acceptors (Lipinski definition) is 3. The van der Waals surface area contributed by atoms with E-state index in [2.05, 4.69) is 12.3 Å². The van der Waals surface area contributed by atoms with Gasteiger partial charge in [0.05, 0.1) is 12.7 Å². The van der Waals surface area contributed by atoms with Gasteiger partial charge in [-0.25, -0.2) is 4.79 Å². The molecular weight excluding hydrogens is 218 g/mol. The molecule has 1 amide bonds. The van der Waals surface area contributed by atoms with Gasteiger partial charge in [0, 0.05) is 6.54 Å². The van der Waals surface area contributed by atoms with Crippen LogP contribution in [0.1, 0.15) is 26.7 Å². The summed E-state index contributed by atoms with van der Waals surface area (Å²) in [4.78, 5) is 25.3. The van der Waals surface area contributed by atoms with Crippen LogP contribution in [0.25, 0.3) is 0 Å². The lowest BCUT2D eigenvalue weighted by Gasteiger charge is -2.24. The predicted octanol–water partition coefficient (Wildman–Crippen LogP) is 1.52. The highest BCUT2D eigenvalue weighted by molar-refractivity contribution is 5.96. The van der Waals surface area contributed by atoms with Crippen LogP contribution in [0.5, 0.6) is 0 Å². The fraction of sp³-hybridized carbons (Fsp3) is 0.615. The van der Waals surface area contributed by atoms with Crippen LogP contribution in [0.4, 0.5) is 0 Å². The Balaban J connectivity index is 2.88. The number of carbonyl (C=O) groups is 2. The maximum atomic E-state index is 12.2. The Kier molecular flexibility index (Phi) is 4.53. The second-order valence-corrected chi connectivity index (χ2v) is 4.42. The summed E-state index contributed by atoms with van der Waals surface area (Å²) in [7, 11) is 1.34. The summed E-state index contributed by atoms with van der Waals surface area (Å²) in [5.41, 5.74) is 3.21. The van der Waals surface area contributed by atoms with Crippen molar-refractivity contribution in [1.29, 1.82) is 0 Å². The number of esters is 1. The number of likely N-dealkylation sites (tertiary alicyclic amines) is 1. The average Bonchev–Trinajstić information content (AvgIpc) is 2.77. The van der Waals surface area contributed by atoms with Crippen LogP contribution in [0, 0.1) is 5.92 Å². The largest absolute Gasteiger partial charge is 0.467 e. The second kappa shape index (κ2) is 5.69. The molecule has 0 aromatic heterocycles. The third kappa shape index (κ3) is 2.77. The Morgan fingerprint density at radius 1 is 1.47 bits per heavy atom. The molecule has 1 rings (SSSR count). The van der Waals surface area contributed by atoms with Crippen molar-refractivity contribution in [2.24, 2.45) is 5.92 Å². The van der Waals surface area contributed by atoms with Crippen LogP contribution < -0.4 is 0 Å². The van der Waals surface area contributed by atoms with Crippen molar-refractivity contribution in [3.05, 3.63) is 17.9 Å². The molecule has 0 aliphatic carbocycles. The highest BCUT2D eigenvalue weighted by Crippen LogP contribution is 2.22. The maximum absolute atomic E-state index is 12.2.